The van der Waals surface area contributed by atoms with Gasteiger partial charge in [0.15, 0.2) is 0 Å². The maximum absolute atomic E-state index is 7.10. The van der Waals surface area contributed by atoms with Gasteiger partial charge in [-0.2, -0.15) is 0 Å². The maximum atomic E-state index is 7.10. The van der Waals surface area contributed by atoms with Crippen LogP contribution in [0.4, 0.5) is 0 Å². The standard InChI is InChI=1S/4C18H15P.2CBN.2Cu/c4*1-4-10-16(11-5-1)19(17-12-6-2-7-13-17)18-14-8-3-9-15-18;2*2-1-3;;/h4*1-15H;;;;/p+4. The number of rotatable bonds is 12. The zero-order valence-electron chi connectivity index (χ0n) is 46.3. The van der Waals surface area contributed by atoms with E-state index in [-0.39, 0.29) is 34.1 Å². The molecule has 414 valence electrons. The van der Waals surface area contributed by atoms with Gasteiger partial charge in [0.25, 0.3) is 0 Å². The van der Waals surface area contributed by atoms with E-state index in [9.17, 15) is 0 Å². The van der Waals surface area contributed by atoms with Crippen LogP contribution in [0.1, 0.15) is 0 Å². The third kappa shape index (κ3) is 21.6. The van der Waals surface area contributed by atoms with Crippen LogP contribution < -0.4 is 63.7 Å². The smallest absolute Gasteiger partial charge is 0.214 e. The Balaban J connectivity index is 0.000000197. The fraction of sp³-hybridized carbons (Fsp3) is 0. The largest absolute Gasteiger partial charge is 0.229 e. The molecule has 0 spiro atoms. The summed E-state index contributed by atoms with van der Waals surface area (Å²) in [6.45, 7) is 0. The first kappa shape index (κ1) is 67.3. The number of hydrogen-bond acceptors (Lipinski definition) is 2. The molecule has 0 atom stereocenters. The molecule has 0 aliphatic rings. The Morgan fingerprint density at radius 2 is 0.226 bits per heavy atom. The summed E-state index contributed by atoms with van der Waals surface area (Å²) >= 11 is 0. The van der Waals surface area contributed by atoms with Crippen molar-refractivity contribution in [2.45, 2.75) is 0 Å². The summed E-state index contributed by atoms with van der Waals surface area (Å²) in [6.07, 6.45) is 0. The van der Waals surface area contributed by atoms with E-state index in [1.54, 1.807) is 0 Å². The summed E-state index contributed by atoms with van der Waals surface area (Å²) in [5.41, 5.74) is 0. The second-order valence-corrected chi connectivity index (χ2v) is 28.1. The van der Waals surface area contributed by atoms with Crippen LogP contribution in [0.5, 0.6) is 0 Å². The van der Waals surface area contributed by atoms with Gasteiger partial charge in [-0.3, -0.25) is 0 Å². The minimum Gasteiger partial charge on any atom is -0.214 e. The predicted molar refractivity (Wildman–Crippen MR) is 369 cm³/mol. The normalized spacial score (nSPS) is 9.74. The van der Waals surface area contributed by atoms with Gasteiger partial charge in [-0.05, 0) is 158 Å². The predicted octanol–water partition coefficient (Wildman–Crippen LogP) is 12.0. The molecule has 0 amide bonds. The summed E-state index contributed by atoms with van der Waals surface area (Å²) in [4.78, 5) is 0. The molecule has 10 heteroatoms. The van der Waals surface area contributed by atoms with Crippen molar-refractivity contribution in [1.82, 2.24) is 0 Å². The first-order valence-corrected chi connectivity index (χ1v) is 33.0. The molecule has 12 aromatic rings. The molecule has 0 N–H and O–H groups in total. The van der Waals surface area contributed by atoms with Crippen LogP contribution in [0, 0.1) is 22.5 Å². The average molecular weight is 1250 g/mol. The van der Waals surface area contributed by atoms with E-state index in [4.69, 9.17) is 10.5 Å². The second kappa shape index (κ2) is 39.9. The van der Waals surface area contributed by atoms with Crippen molar-refractivity contribution >= 4 is 111 Å². The Bertz CT molecular complexity index is 2800. The molecule has 2 nitrogen and oxygen atoms in total. The number of nitrogens with zero attached hydrogens (tertiary/aromatic N) is 2. The van der Waals surface area contributed by atoms with E-state index in [1.165, 1.54) is 75.6 Å². The molecule has 0 saturated heterocycles. The van der Waals surface area contributed by atoms with E-state index < -0.39 is 31.7 Å². The first-order chi connectivity index (χ1) is 40.6. The molecule has 6 radical (unpaired) electrons. The SMILES string of the molecule is [B]C#N.[B]C#N.[Cu].[Cu].c1ccc([PH+](c2ccccc2)c2ccccc2)cc1.c1ccc([PH+](c2ccccc2)c2ccccc2)cc1.c1ccc([PH+](c2ccccc2)c2ccccc2)cc1.c1ccc([PH+](c2ccccc2)c2ccccc2)cc1. The summed E-state index contributed by atoms with van der Waals surface area (Å²) in [7, 11) is 4.80. The van der Waals surface area contributed by atoms with Gasteiger partial charge in [0, 0.05) is 34.1 Å². The van der Waals surface area contributed by atoms with Crippen LogP contribution in [-0.4, -0.2) is 15.7 Å². The quantitative estimate of drug-likeness (QED) is 0.0904. The summed E-state index contributed by atoms with van der Waals surface area (Å²) in [6, 6.07) is 130. The third-order valence-electron chi connectivity index (χ3n) is 12.7. The van der Waals surface area contributed by atoms with Gasteiger partial charge in [0.2, 0.25) is 15.7 Å². The van der Waals surface area contributed by atoms with Crippen LogP contribution in [0.25, 0.3) is 0 Å². The van der Waals surface area contributed by atoms with Crippen LogP contribution in [0.15, 0.2) is 364 Å². The van der Waals surface area contributed by atoms with Crippen molar-refractivity contribution in [2.24, 2.45) is 0 Å². The molecule has 0 unspecified atom stereocenters. The maximum Gasteiger partial charge on any atom is 0.229 e. The van der Waals surface area contributed by atoms with Crippen molar-refractivity contribution in [2.75, 3.05) is 0 Å². The van der Waals surface area contributed by atoms with Crippen molar-refractivity contribution < 1.29 is 34.1 Å². The Morgan fingerprint density at radius 1 is 0.167 bits per heavy atom. The summed E-state index contributed by atoms with van der Waals surface area (Å²) in [5, 5.41) is 31.4. The molecule has 0 heterocycles. The zero-order chi connectivity index (χ0) is 57.1. The van der Waals surface area contributed by atoms with Gasteiger partial charge in [-0.25, -0.2) is 10.5 Å². The van der Waals surface area contributed by atoms with Gasteiger partial charge >= 0.3 is 0 Å². The Hall–Kier alpha value is -7.49. The van der Waals surface area contributed by atoms with Gasteiger partial charge in [-0.1, -0.05) is 218 Å². The van der Waals surface area contributed by atoms with E-state index in [1.807, 2.05) is 0 Å². The molecule has 0 aliphatic heterocycles. The van der Waals surface area contributed by atoms with E-state index in [0.29, 0.717) is 0 Å². The average Bonchev–Trinajstić information content (AvgIpc) is 3.74. The van der Waals surface area contributed by atoms with Crippen molar-refractivity contribution in [3.8, 4) is 11.9 Å². The van der Waals surface area contributed by atoms with E-state index in [2.05, 4.69) is 380 Å². The number of hydrogen-bond donors (Lipinski definition) is 0. The summed E-state index contributed by atoms with van der Waals surface area (Å²) < 4.78 is 0. The molecular weight excluding hydrogens is 1190 g/mol. The van der Waals surface area contributed by atoms with Gasteiger partial charge in [-0.15, -0.1) is 0 Å². The molecule has 0 aromatic heterocycles. The molecule has 84 heavy (non-hydrogen) atoms. The van der Waals surface area contributed by atoms with Crippen molar-refractivity contribution in [3.63, 3.8) is 0 Å². The van der Waals surface area contributed by atoms with E-state index in [0.717, 1.165) is 0 Å². The van der Waals surface area contributed by atoms with Crippen LogP contribution in [-0.2, 0) is 34.1 Å². The molecule has 0 bridgehead atoms. The fourth-order valence-electron chi connectivity index (χ4n) is 9.26. The second-order valence-electron chi connectivity index (χ2n) is 18.2. The van der Waals surface area contributed by atoms with Crippen molar-refractivity contribution in [1.29, 1.82) is 10.5 Å². The Kier molecular flexibility index (Phi) is 32.0. The minimum atomic E-state index is -0.877. The Labute approximate surface area is 527 Å². The molecule has 0 saturated carbocycles. The molecule has 0 aliphatic carbocycles. The fourth-order valence-corrected chi connectivity index (χ4v) is 19.6. The van der Waals surface area contributed by atoms with Gasteiger partial charge < -0.3 is 0 Å². The van der Waals surface area contributed by atoms with Crippen LogP contribution >= 0.6 is 31.7 Å². The minimum absolute atomic E-state index is 0. The molecule has 0 fully saturated rings. The van der Waals surface area contributed by atoms with Gasteiger partial charge in [0.05, 0.1) is 31.7 Å². The number of benzene rings is 12. The molecule has 12 rings (SSSR count). The first-order valence-electron chi connectivity index (χ1n) is 27.0. The van der Waals surface area contributed by atoms with Crippen LogP contribution in [0.2, 0.25) is 0 Å². The third-order valence-corrected chi connectivity index (χ3v) is 23.7. The summed E-state index contributed by atoms with van der Waals surface area (Å²) in [5.74, 6) is 2.50. The monoisotopic (exact) mass is 1250 g/mol. The van der Waals surface area contributed by atoms with Crippen molar-refractivity contribution in [3.05, 3.63) is 364 Å². The van der Waals surface area contributed by atoms with Crippen LogP contribution in [0.3, 0.4) is 0 Å². The van der Waals surface area contributed by atoms with Gasteiger partial charge in [0.1, 0.15) is 63.7 Å². The Morgan fingerprint density at radius 3 is 0.286 bits per heavy atom. The zero-order valence-corrected chi connectivity index (χ0v) is 52.2. The van der Waals surface area contributed by atoms with E-state index >= 15 is 0 Å². The molecule has 12 aromatic carbocycles. The molecular formula is C74H64B2Cu2N2P4+4. The number of nitriles is 2. The topological polar surface area (TPSA) is 47.6 Å².